The summed E-state index contributed by atoms with van der Waals surface area (Å²) < 4.78 is 5.32. The summed E-state index contributed by atoms with van der Waals surface area (Å²) in [5.41, 5.74) is 0. The van der Waals surface area contributed by atoms with Crippen LogP contribution in [-0.2, 0) is 0 Å². The van der Waals surface area contributed by atoms with Gasteiger partial charge in [-0.2, -0.15) is 0 Å². The second-order valence-corrected chi connectivity index (χ2v) is 5.59. The predicted octanol–water partition coefficient (Wildman–Crippen LogP) is 3.42. The van der Waals surface area contributed by atoms with Crippen LogP contribution in [0.15, 0.2) is 29.2 Å². The Morgan fingerprint density at radius 1 is 1.29 bits per heavy atom. The number of rotatable bonds is 8. The number of hydrogen-bond acceptors (Lipinski definition) is 3. The maximum Gasteiger partial charge on any atom is 0.132 e. The minimum absolute atomic E-state index is 0.733. The van der Waals surface area contributed by atoms with Gasteiger partial charge in [-0.05, 0) is 43.3 Å². The summed E-state index contributed by atoms with van der Waals surface area (Å²) in [5.74, 6) is 2.84. The van der Waals surface area contributed by atoms with Gasteiger partial charge in [-0.1, -0.05) is 26.0 Å². The second kappa shape index (κ2) is 8.43. The van der Waals surface area contributed by atoms with Gasteiger partial charge in [0.1, 0.15) is 5.75 Å². The van der Waals surface area contributed by atoms with E-state index in [9.17, 15) is 0 Å². The lowest BCUT2D eigenvalue weighted by molar-refractivity contribution is 0.405. The molecule has 0 fully saturated rings. The largest absolute Gasteiger partial charge is 0.496 e. The smallest absolute Gasteiger partial charge is 0.132 e. The minimum atomic E-state index is 0.733. The molecule has 1 aromatic carbocycles. The first kappa shape index (κ1) is 14.4. The molecule has 1 rings (SSSR count). The van der Waals surface area contributed by atoms with Gasteiger partial charge in [0.2, 0.25) is 0 Å². The van der Waals surface area contributed by atoms with Gasteiger partial charge in [0.15, 0.2) is 0 Å². The molecule has 2 nitrogen and oxygen atoms in total. The second-order valence-electron chi connectivity index (χ2n) is 4.45. The molecule has 17 heavy (non-hydrogen) atoms. The fraction of sp³-hybridized carbons (Fsp3) is 0.571. The quantitative estimate of drug-likeness (QED) is 0.566. The molecule has 0 aliphatic carbocycles. The van der Waals surface area contributed by atoms with E-state index in [4.69, 9.17) is 4.74 Å². The Morgan fingerprint density at radius 2 is 2.06 bits per heavy atom. The molecule has 0 amide bonds. The topological polar surface area (TPSA) is 21.3 Å². The summed E-state index contributed by atoms with van der Waals surface area (Å²) in [6.45, 7) is 6.67. The number of hydrogen-bond donors (Lipinski definition) is 1. The Morgan fingerprint density at radius 3 is 2.76 bits per heavy atom. The van der Waals surface area contributed by atoms with Crippen LogP contribution in [0.2, 0.25) is 0 Å². The lowest BCUT2D eigenvalue weighted by atomic mass is 10.2. The summed E-state index contributed by atoms with van der Waals surface area (Å²) in [7, 11) is 1.73. The number of para-hydroxylation sites is 1. The average Bonchev–Trinajstić information content (AvgIpc) is 2.33. The molecule has 0 atom stereocenters. The van der Waals surface area contributed by atoms with Crippen LogP contribution in [0.4, 0.5) is 0 Å². The van der Waals surface area contributed by atoms with Gasteiger partial charge in [0.05, 0.1) is 7.11 Å². The van der Waals surface area contributed by atoms with Crippen LogP contribution in [-0.4, -0.2) is 26.0 Å². The van der Waals surface area contributed by atoms with Gasteiger partial charge in [0, 0.05) is 4.90 Å². The van der Waals surface area contributed by atoms with Gasteiger partial charge in [-0.3, -0.25) is 0 Å². The highest BCUT2D eigenvalue weighted by Crippen LogP contribution is 2.28. The Balaban J connectivity index is 2.17. The van der Waals surface area contributed by atoms with Crippen LogP contribution in [0.3, 0.4) is 0 Å². The van der Waals surface area contributed by atoms with Gasteiger partial charge in [-0.15, -0.1) is 11.8 Å². The Kier molecular flexibility index (Phi) is 7.13. The summed E-state index contributed by atoms with van der Waals surface area (Å²) in [6.07, 6.45) is 1.19. The Labute approximate surface area is 109 Å². The number of ether oxygens (including phenoxy) is 1. The zero-order chi connectivity index (χ0) is 12.5. The van der Waals surface area contributed by atoms with Crippen molar-refractivity contribution in [1.29, 1.82) is 0 Å². The number of thioether (sulfide) groups is 1. The number of benzene rings is 1. The maximum atomic E-state index is 5.32. The maximum absolute atomic E-state index is 5.32. The van der Waals surface area contributed by atoms with Gasteiger partial charge < -0.3 is 10.1 Å². The van der Waals surface area contributed by atoms with E-state index in [1.54, 1.807) is 7.11 Å². The third-order valence-corrected chi connectivity index (χ3v) is 3.52. The molecular formula is C14H23NOS. The van der Waals surface area contributed by atoms with Crippen LogP contribution in [0, 0.1) is 5.92 Å². The highest BCUT2D eigenvalue weighted by Gasteiger charge is 2.01. The lowest BCUT2D eigenvalue weighted by Gasteiger charge is -2.09. The predicted molar refractivity (Wildman–Crippen MR) is 76.0 cm³/mol. The normalized spacial score (nSPS) is 10.8. The molecule has 0 saturated carbocycles. The molecule has 0 aliphatic heterocycles. The van der Waals surface area contributed by atoms with E-state index in [1.807, 2.05) is 23.9 Å². The van der Waals surface area contributed by atoms with E-state index >= 15 is 0 Å². The summed E-state index contributed by atoms with van der Waals surface area (Å²) >= 11 is 1.87. The third kappa shape index (κ3) is 5.99. The van der Waals surface area contributed by atoms with Gasteiger partial charge in [0.25, 0.3) is 0 Å². The molecule has 1 N–H and O–H groups in total. The molecule has 3 heteroatoms. The first-order chi connectivity index (χ1) is 8.24. The highest BCUT2D eigenvalue weighted by molar-refractivity contribution is 7.99. The minimum Gasteiger partial charge on any atom is -0.496 e. The molecule has 0 saturated heterocycles. The monoisotopic (exact) mass is 253 g/mol. The summed E-state index contributed by atoms with van der Waals surface area (Å²) in [5, 5.41) is 3.46. The van der Waals surface area contributed by atoms with Gasteiger partial charge >= 0.3 is 0 Å². The van der Waals surface area contributed by atoms with Crippen molar-refractivity contribution in [3.05, 3.63) is 24.3 Å². The molecule has 0 radical (unpaired) electrons. The molecule has 0 bridgehead atoms. The van der Waals surface area contributed by atoms with E-state index in [0.29, 0.717) is 0 Å². The lowest BCUT2D eigenvalue weighted by Crippen LogP contribution is -2.21. The standard InChI is InChI=1S/C14H23NOS/c1-12(2)11-15-9-6-10-17-14-8-5-4-7-13(14)16-3/h4-5,7-8,12,15H,6,9-11H2,1-3H3. The number of nitrogens with one attached hydrogen (secondary N) is 1. The zero-order valence-electron chi connectivity index (χ0n) is 11.0. The van der Waals surface area contributed by atoms with E-state index < -0.39 is 0 Å². The zero-order valence-corrected chi connectivity index (χ0v) is 11.8. The Bertz CT molecular complexity index is 315. The highest BCUT2D eigenvalue weighted by atomic mass is 32.2. The van der Waals surface area contributed by atoms with Crippen LogP contribution in [0.5, 0.6) is 5.75 Å². The van der Waals surface area contributed by atoms with Crippen molar-refractivity contribution in [1.82, 2.24) is 5.32 Å². The van der Waals surface area contributed by atoms with Crippen LogP contribution >= 0.6 is 11.8 Å². The van der Waals surface area contributed by atoms with Crippen molar-refractivity contribution in [2.24, 2.45) is 5.92 Å². The third-order valence-electron chi connectivity index (χ3n) is 2.38. The molecule has 96 valence electrons. The van der Waals surface area contributed by atoms with Crippen molar-refractivity contribution in [2.45, 2.75) is 25.2 Å². The molecule has 0 aromatic heterocycles. The van der Waals surface area contributed by atoms with Crippen LogP contribution in [0.1, 0.15) is 20.3 Å². The first-order valence-electron chi connectivity index (χ1n) is 6.20. The molecule has 0 aliphatic rings. The number of methoxy groups -OCH3 is 1. The van der Waals surface area contributed by atoms with E-state index in [0.717, 1.165) is 30.5 Å². The van der Waals surface area contributed by atoms with Crippen molar-refractivity contribution in [3.8, 4) is 5.75 Å². The first-order valence-corrected chi connectivity index (χ1v) is 7.19. The van der Waals surface area contributed by atoms with Crippen LogP contribution < -0.4 is 10.1 Å². The van der Waals surface area contributed by atoms with E-state index in [1.165, 1.54) is 11.3 Å². The summed E-state index contributed by atoms with van der Waals surface area (Å²) in [6, 6.07) is 8.19. The van der Waals surface area contributed by atoms with Crippen molar-refractivity contribution >= 4 is 11.8 Å². The average molecular weight is 253 g/mol. The molecule has 1 aromatic rings. The van der Waals surface area contributed by atoms with Gasteiger partial charge in [-0.25, -0.2) is 0 Å². The van der Waals surface area contributed by atoms with Crippen molar-refractivity contribution < 1.29 is 4.74 Å². The fourth-order valence-electron chi connectivity index (χ4n) is 1.51. The van der Waals surface area contributed by atoms with E-state index in [2.05, 4.69) is 31.3 Å². The van der Waals surface area contributed by atoms with Crippen LogP contribution in [0.25, 0.3) is 0 Å². The van der Waals surface area contributed by atoms with Crippen molar-refractivity contribution in [3.63, 3.8) is 0 Å². The fourth-order valence-corrected chi connectivity index (χ4v) is 2.49. The van der Waals surface area contributed by atoms with E-state index in [-0.39, 0.29) is 0 Å². The van der Waals surface area contributed by atoms with Crippen molar-refractivity contribution in [2.75, 3.05) is 26.0 Å². The molecular weight excluding hydrogens is 230 g/mol. The Hall–Kier alpha value is -0.670. The molecule has 0 unspecified atom stereocenters. The molecule has 0 spiro atoms. The molecule has 0 heterocycles. The SMILES string of the molecule is COc1ccccc1SCCCNCC(C)C. The summed E-state index contributed by atoms with van der Waals surface area (Å²) in [4.78, 5) is 1.24.